The average Bonchev–Trinajstić information content (AvgIpc) is 2.31. The number of rotatable bonds is 3. The van der Waals surface area contributed by atoms with Crippen molar-refractivity contribution in [3.63, 3.8) is 0 Å². The van der Waals surface area contributed by atoms with Crippen molar-refractivity contribution in [1.29, 1.82) is 0 Å². The number of nitrogens with one attached hydrogen (secondary N) is 1. The van der Waals surface area contributed by atoms with E-state index in [9.17, 15) is 0 Å². The second kappa shape index (κ2) is 5.26. The van der Waals surface area contributed by atoms with Crippen LogP contribution in [-0.2, 0) is 0 Å². The Bertz CT molecular complexity index is 348. The number of thioether (sulfide) groups is 1. The Morgan fingerprint density at radius 3 is 2.60 bits per heavy atom. The Labute approximate surface area is 96.0 Å². The molecule has 2 aliphatic carbocycles. The van der Waals surface area contributed by atoms with E-state index in [1.807, 2.05) is 11.8 Å². The Kier molecular flexibility index (Phi) is 3.73. The van der Waals surface area contributed by atoms with Crippen LogP contribution in [-0.4, -0.2) is 6.26 Å². The summed E-state index contributed by atoms with van der Waals surface area (Å²) in [6.45, 7) is 0. The largest absolute Gasteiger partial charge is 0.355 e. The zero-order valence-electron chi connectivity index (χ0n) is 9.12. The minimum absolute atomic E-state index is 1.16. The molecule has 15 heavy (non-hydrogen) atoms. The first-order valence-electron chi connectivity index (χ1n) is 5.48. The molecule has 0 fully saturated rings. The molecule has 1 nitrogen and oxygen atoms in total. The first-order chi connectivity index (χ1) is 7.40. The minimum Gasteiger partial charge on any atom is -0.355 e. The normalized spacial score (nSPS) is 20.5. The molecule has 0 amide bonds. The summed E-state index contributed by atoms with van der Waals surface area (Å²) in [7, 11) is 0. The molecule has 1 N–H and O–H groups in total. The van der Waals surface area contributed by atoms with Crippen LogP contribution in [0.15, 0.2) is 46.7 Å². The van der Waals surface area contributed by atoms with E-state index < -0.39 is 0 Å². The van der Waals surface area contributed by atoms with E-state index in [0.29, 0.717) is 0 Å². The van der Waals surface area contributed by atoms with Gasteiger partial charge in [-0.05, 0) is 38.0 Å². The summed E-state index contributed by atoms with van der Waals surface area (Å²) >= 11 is 1.82. The van der Waals surface area contributed by atoms with E-state index in [1.54, 1.807) is 0 Å². The van der Waals surface area contributed by atoms with Crippen LogP contribution in [0.4, 0.5) is 0 Å². The van der Waals surface area contributed by atoms with E-state index in [0.717, 1.165) is 12.8 Å². The maximum atomic E-state index is 3.51. The van der Waals surface area contributed by atoms with Crippen molar-refractivity contribution < 1.29 is 0 Å². The van der Waals surface area contributed by atoms with Crippen LogP contribution in [0.5, 0.6) is 0 Å². The lowest BCUT2D eigenvalue weighted by atomic mass is 10.1. The fraction of sp³-hybridized carbons (Fsp3) is 0.385. The fourth-order valence-electron chi connectivity index (χ4n) is 1.82. The van der Waals surface area contributed by atoms with Crippen LogP contribution in [0.1, 0.15) is 25.7 Å². The Morgan fingerprint density at radius 2 is 1.87 bits per heavy atom. The summed E-state index contributed by atoms with van der Waals surface area (Å²) in [5.74, 6) is 0. The van der Waals surface area contributed by atoms with Gasteiger partial charge in [0, 0.05) is 16.3 Å². The topological polar surface area (TPSA) is 12.0 Å². The summed E-state index contributed by atoms with van der Waals surface area (Å²) in [5, 5.41) is 3.51. The Hall–Kier alpha value is -0.890. The molecule has 2 rings (SSSR count). The molecule has 0 aromatic rings. The summed E-state index contributed by atoms with van der Waals surface area (Å²) in [4.78, 5) is 1.38. The average molecular weight is 219 g/mol. The van der Waals surface area contributed by atoms with Gasteiger partial charge in [-0.15, -0.1) is 11.8 Å². The van der Waals surface area contributed by atoms with Gasteiger partial charge in [0.15, 0.2) is 0 Å². The van der Waals surface area contributed by atoms with Crippen LogP contribution in [0.3, 0.4) is 0 Å². The monoisotopic (exact) mass is 219 g/mol. The molecular weight excluding hydrogens is 202 g/mol. The Morgan fingerprint density at radius 1 is 1.07 bits per heavy atom. The van der Waals surface area contributed by atoms with Gasteiger partial charge < -0.3 is 5.32 Å². The predicted octanol–water partition coefficient (Wildman–Crippen LogP) is 3.73. The second-order valence-electron chi connectivity index (χ2n) is 3.73. The van der Waals surface area contributed by atoms with Gasteiger partial charge in [0.2, 0.25) is 0 Å². The molecule has 0 unspecified atom stereocenters. The van der Waals surface area contributed by atoms with Gasteiger partial charge in [-0.25, -0.2) is 0 Å². The first-order valence-corrected chi connectivity index (χ1v) is 6.71. The first kappa shape index (κ1) is 10.6. The van der Waals surface area contributed by atoms with Gasteiger partial charge in [-0.3, -0.25) is 0 Å². The van der Waals surface area contributed by atoms with Crippen molar-refractivity contribution in [2.75, 3.05) is 6.26 Å². The zero-order chi connectivity index (χ0) is 10.5. The molecule has 80 valence electrons. The molecule has 0 aromatic heterocycles. The van der Waals surface area contributed by atoms with Gasteiger partial charge in [0.1, 0.15) is 0 Å². The van der Waals surface area contributed by atoms with Crippen LogP contribution in [0.25, 0.3) is 0 Å². The predicted molar refractivity (Wildman–Crippen MR) is 68.5 cm³/mol. The van der Waals surface area contributed by atoms with E-state index in [4.69, 9.17) is 0 Å². The van der Waals surface area contributed by atoms with E-state index in [2.05, 4.69) is 42.0 Å². The minimum atomic E-state index is 1.16. The van der Waals surface area contributed by atoms with Gasteiger partial charge in [0.25, 0.3) is 0 Å². The highest BCUT2D eigenvalue weighted by atomic mass is 32.2. The van der Waals surface area contributed by atoms with Gasteiger partial charge >= 0.3 is 0 Å². The highest BCUT2D eigenvalue weighted by molar-refractivity contribution is 8.02. The number of hydrogen-bond donors (Lipinski definition) is 1. The van der Waals surface area contributed by atoms with E-state index in [1.165, 1.54) is 29.1 Å². The lowest BCUT2D eigenvalue weighted by Crippen LogP contribution is -2.14. The lowest BCUT2D eigenvalue weighted by molar-refractivity contribution is 0.912. The quantitative estimate of drug-likeness (QED) is 0.776. The molecule has 0 heterocycles. The number of allylic oxidation sites excluding steroid dienone is 5. The maximum Gasteiger partial charge on any atom is 0.0478 e. The summed E-state index contributed by atoms with van der Waals surface area (Å²) in [6.07, 6.45) is 18.1. The SMILES string of the molecule is CSC1=CCCC=C1NC1=CCCC=C1. The molecule has 0 aromatic carbocycles. The van der Waals surface area contributed by atoms with Gasteiger partial charge in [-0.2, -0.15) is 0 Å². The highest BCUT2D eigenvalue weighted by Crippen LogP contribution is 2.26. The van der Waals surface area contributed by atoms with Gasteiger partial charge in [0.05, 0.1) is 0 Å². The summed E-state index contributed by atoms with van der Waals surface area (Å²) in [5.41, 5.74) is 2.53. The fourth-order valence-corrected chi connectivity index (χ4v) is 2.46. The van der Waals surface area contributed by atoms with Crippen molar-refractivity contribution in [2.24, 2.45) is 0 Å². The zero-order valence-corrected chi connectivity index (χ0v) is 9.94. The van der Waals surface area contributed by atoms with E-state index in [-0.39, 0.29) is 0 Å². The van der Waals surface area contributed by atoms with Crippen molar-refractivity contribution in [3.8, 4) is 0 Å². The van der Waals surface area contributed by atoms with Crippen molar-refractivity contribution >= 4 is 11.8 Å². The number of hydrogen-bond acceptors (Lipinski definition) is 2. The molecular formula is C13H17NS. The van der Waals surface area contributed by atoms with Gasteiger partial charge in [-0.1, -0.05) is 24.3 Å². The van der Waals surface area contributed by atoms with E-state index >= 15 is 0 Å². The third kappa shape index (κ3) is 2.78. The molecule has 0 radical (unpaired) electrons. The summed E-state index contributed by atoms with van der Waals surface area (Å²) < 4.78 is 0. The van der Waals surface area contributed by atoms with Crippen LogP contribution < -0.4 is 5.32 Å². The highest BCUT2D eigenvalue weighted by Gasteiger charge is 2.08. The van der Waals surface area contributed by atoms with Crippen molar-refractivity contribution in [2.45, 2.75) is 25.7 Å². The van der Waals surface area contributed by atoms with Crippen LogP contribution in [0.2, 0.25) is 0 Å². The molecule has 2 aliphatic rings. The van der Waals surface area contributed by atoms with Crippen LogP contribution in [0, 0.1) is 0 Å². The molecule has 0 saturated heterocycles. The lowest BCUT2D eigenvalue weighted by Gasteiger charge is -2.18. The second-order valence-corrected chi connectivity index (χ2v) is 4.58. The standard InChI is InChI=1S/C13H17NS/c1-15-13-10-6-5-9-12(13)14-11-7-3-2-4-8-11/h3,7-10,14H,2,4-6H2,1H3. The third-order valence-corrected chi connectivity index (χ3v) is 3.43. The van der Waals surface area contributed by atoms with Crippen LogP contribution >= 0.6 is 11.8 Å². The molecule has 0 atom stereocenters. The third-order valence-electron chi connectivity index (χ3n) is 2.60. The molecule has 2 heteroatoms. The summed E-state index contributed by atoms with van der Waals surface area (Å²) in [6, 6.07) is 0. The molecule has 0 saturated carbocycles. The molecule has 0 bridgehead atoms. The maximum absolute atomic E-state index is 3.51. The van der Waals surface area contributed by atoms with Crippen molar-refractivity contribution in [3.05, 3.63) is 46.7 Å². The smallest absolute Gasteiger partial charge is 0.0478 e. The molecule has 0 spiro atoms. The Balaban J connectivity index is 2.04. The molecule has 0 aliphatic heterocycles. The van der Waals surface area contributed by atoms with Crippen molar-refractivity contribution in [1.82, 2.24) is 5.32 Å².